The normalized spacial score (nSPS) is 11.6. The highest BCUT2D eigenvalue weighted by molar-refractivity contribution is 5.42. The summed E-state index contributed by atoms with van der Waals surface area (Å²) in [4.78, 5) is 6.36. The SMILES string of the molecule is Cc1cc(CN)cc(N(C)CC(C)(C)O)n1. The van der Waals surface area contributed by atoms with E-state index in [9.17, 15) is 5.11 Å². The Kier molecular flexibility index (Phi) is 3.88. The fraction of sp³-hybridized carbons (Fsp3) is 0.583. The number of aryl methyl sites for hydroxylation is 1. The molecule has 90 valence electrons. The Morgan fingerprint density at radius 2 is 2.06 bits per heavy atom. The van der Waals surface area contributed by atoms with Gasteiger partial charge in [-0.05, 0) is 38.5 Å². The Bertz CT molecular complexity index is 358. The lowest BCUT2D eigenvalue weighted by Crippen LogP contribution is -2.36. The van der Waals surface area contributed by atoms with Crippen LogP contribution in [0.4, 0.5) is 5.82 Å². The molecule has 3 N–H and O–H groups in total. The average Bonchev–Trinajstić information content (AvgIpc) is 2.14. The number of hydrogen-bond donors (Lipinski definition) is 2. The summed E-state index contributed by atoms with van der Waals surface area (Å²) >= 11 is 0. The van der Waals surface area contributed by atoms with Crippen molar-refractivity contribution in [2.45, 2.75) is 32.9 Å². The third-order valence-electron chi connectivity index (χ3n) is 2.25. The number of aromatic nitrogens is 1. The molecule has 1 rings (SSSR count). The van der Waals surface area contributed by atoms with Gasteiger partial charge in [-0.3, -0.25) is 0 Å². The Morgan fingerprint density at radius 3 is 2.56 bits per heavy atom. The minimum atomic E-state index is -0.733. The lowest BCUT2D eigenvalue weighted by atomic mass is 10.1. The minimum Gasteiger partial charge on any atom is -0.389 e. The van der Waals surface area contributed by atoms with Crippen LogP contribution < -0.4 is 10.6 Å². The third-order valence-corrected chi connectivity index (χ3v) is 2.25. The maximum absolute atomic E-state index is 9.75. The number of anilines is 1. The quantitative estimate of drug-likeness (QED) is 0.801. The van der Waals surface area contributed by atoms with Crippen molar-refractivity contribution in [2.75, 3.05) is 18.5 Å². The van der Waals surface area contributed by atoms with Crippen molar-refractivity contribution < 1.29 is 5.11 Å². The number of nitrogens with two attached hydrogens (primary N) is 1. The van der Waals surface area contributed by atoms with Gasteiger partial charge < -0.3 is 15.7 Å². The molecule has 0 aliphatic heterocycles. The van der Waals surface area contributed by atoms with E-state index in [0.717, 1.165) is 17.1 Å². The van der Waals surface area contributed by atoms with E-state index in [0.29, 0.717) is 13.1 Å². The minimum absolute atomic E-state index is 0.507. The van der Waals surface area contributed by atoms with Crippen LogP contribution >= 0.6 is 0 Å². The van der Waals surface area contributed by atoms with E-state index in [1.54, 1.807) is 13.8 Å². The third kappa shape index (κ3) is 3.79. The first-order valence-electron chi connectivity index (χ1n) is 5.43. The van der Waals surface area contributed by atoms with Crippen LogP contribution in [0.15, 0.2) is 12.1 Å². The summed E-state index contributed by atoms with van der Waals surface area (Å²) in [5, 5.41) is 9.75. The molecule has 0 unspecified atom stereocenters. The van der Waals surface area contributed by atoms with Gasteiger partial charge in [-0.15, -0.1) is 0 Å². The van der Waals surface area contributed by atoms with Crippen LogP contribution in [0, 0.1) is 6.92 Å². The summed E-state index contributed by atoms with van der Waals surface area (Å²) in [5.74, 6) is 0.850. The molecule has 4 nitrogen and oxygen atoms in total. The van der Waals surface area contributed by atoms with Gasteiger partial charge >= 0.3 is 0 Å². The van der Waals surface area contributed by atoms with E-state index in [1.165, 1.54) is 0 Å². The van der Waals surface area contributed by atoms with Gasteiger partial charge in [-0.1, -0.05) is 0 Å². The van der Waals surface area contributed by atoms with Crippen molar-refractivity contribution >= 4 is 5.82 Å². The molecular weight excluding hydrogens is 202 g/mol. The predicted octanol–water partition coefficient (Wildman–Crippen LogP) is 1.06. The Hall–Kier alpha value is -1.13. The van der Waals surface area contributed by atoms with Gasteiger partial charge in [0, 0.05) is 25.8 Å². The maximum atomic E-state index is 9.75. The average molecular weight is 223 g/mol. The fourth-order valence-electron chi connectivity index (χ4n) is 1.70. The molecule has 0 amide bonds. The Labute approximate surface area is 97.1 Å². The lowest BCUT2D eigenvalue weighted by Gasteiger charge is -2.26. The first-order chi connectivity index (χ1) is 7.31. The van der Waals surface area contributed by atoms with E-state index in [1.807, 2.05) is 31.0 Å². The Morgan fingerprint density at radius 1 is 1.44 bits per heavy atom. The highest BCUT2D eigenvalue weighted by atomic mass is 16.3. The molecule has 0 atom stereocenters. The highest BCUT2D eigenvalue weighted by Crippen LogP contribution is 2.15. The lowest BCUT2D eigenvalue weighted by molar-refractivity contribution is 0.0884. The molecule has 4 heteroatoms. The summed E-state index contributed by atoms with van der Waals surface area (Å²) in [6.07, 6.45) is 0. The first kappa shape index (κ1) is 12.9. The molecule has 0 saturated heterocycles. The molecule has 0 aliphatic rings. The molecule has 0 aliphatic carbocycles. The summed E-state index contributed by atoms with van der Waals surface area (Å²) in [6, 6.07) is 3.93. The van der Waals surface area contributed by atoms with Crippen molar-refractivity contribution in [3.8, 4) is 0 Å². The van der Waals surface area contributed by atoms with E-state index >= 15 is 0 Å². The van der Waals surface area contributed by atoms with E-state index in [-0.39, 0.29) is 0 Å². The molecule has 0 fully saturated rings. The molecule has 1 aromatic heterocycles. The van der Waals surface area contributed by atoms with Crippen molar-refractivity contribution in [1.29, 1.82) is 0 Å². The summed E-state index contributed by atoms with van der Waals surface area (Å²) in [5.41, 5.74) is 6.89. The van der Waals surface area contributed by atoms with Crippen LogP contribution in [-0.4, -0.2) is 29.3 Å². The van der Waals surface area contributed by atoms with E-state index < -0.39 is 5.60 Å². The van der Waals surface area contributed by atoms with Gasteiger partial charge in [0.25, 0.3) is 0 Å². The second kappa shape index (κ2) is 4.80. The fourth-order valence-corrected chi connectivity index (χ4v) is 1.70. The molecule has 0 bridgehead atoms. The van der Waals surface area contributed by atoms with Gasteiger partial charge in [0.1, 0.15) is 5.82 Å². The second-order valence-corrected chi connectivity index (χ2v) is 4.85. The topological polar surface area (TPSA) is 62.4 Å². The number of rotatable bonds is 4. The number of pyridine rings is 1. The van der Waals surface area contributed by atoms with Crippen molar-refractivity contribution in [2.24, 2.45) is 5.73 Å². The van der Waals surface area contributed by atoms with Crippen LogP contribution in [0.25, 0.3) is 0 Å². The van der Waals surface area contributed by atoms with Crippen molar-refractivity contribution in [1.82, 2.24) is 4.98 Å². The van der Waals surface area contributed by atoms with Crippen LogP contribution in [0.2, 0.25) is 0 Å². The number of aliphatic hydroxyl groups is 1. The zero-order valence-electron chi connectivity index (χ0n) is 10.5. The Balaban J connectivity index is 2.90. The van der Waals surface area contributed by atoms with Crippen LogP contribution in [0.1, 0.15) is 25.1 Å². The molecule has 1 aromatic rings. The standard InChI is InChI=1S/C12H21N3O/c1-9-5-10(7-13)6-11(14-9)15(4)8-12(2,3)16/h5-6,16H,7-8,13H2,1-4H3. The van der Waals surface area contributed by atoms with E-state index in [2.05, 4.69) is 4.98 Å². The molecule has 0 saturated carbocycles. The summed E-state index contributed by atoms with van der Waals surface area (Å²) in [7, 11) is 1.92. The number of likely N-dealkylation sites (N-methyl/N-ethyl adjacent to an activating group) is 1. The number of hydrogen-bond acceptors (Lipinski definition) is 4. The molecule has 0 spiro atoms. The van der Waals surface area contributed by atoms with Gasteiger partial charge in [-0.2, -0.15) is 0 Å². The van der Waals surface area contributed by atoms with Gasteiger partial charge in [0.15, 0.2) is 0 Å². The van der Waals surface area contributed by atoms with Gasteiger partial charge in [0.2, 0.25) is 0 Å². The van der Waals surface area contributed by atoms with Crippen LogP contribution in [-0.2, 0) is 6.54 Å². The molecular formula is C12H21N3O. The van der Waals surface area contributed by atoms with Gasteiger partial charge in [-0.25, -0.2) is 4.98 Å². The predicted molar refractivity (Wildman–Crippen MR) is 66.4 cm³/mol. The van der Waals surface area contributed by atoms with Crippen LogP contribution in [0.5, 0.6) is 0 Å². The van der Waals surface area contributed by atoms with E-state index in [4.69, 9.17) is 5.73 Å². The molecule has 0 aromatic carbocycles. The van der Waals surface area contributed by atoms with Gasteiger partial charge in [0.05, 0.1) is 5.60 Å². The molecule has 0 radical (unpaired) electrons. The highest BCUT2D eigenvalue weighted by Gasteiger charge is 2.16. The molecule has 1 heterocycles. The second-order valence-electron chi connectivity index (χ2n) is 4.85. The zero-order valence-corrected chi connectivity index (χ0v) is 10.5. The monoisotopic (exact) mass is 223 g/mol. The van der Waals surface area contributed by atoms with Crippen LogP contribution in [0.3, 0.4) is 0 Å². The summed E-state index contributed by atoms with van der Waals surface area (Å²) < 4.78 is 0. The number of nitrogens with zero attached hydrogens (tertiary/aromatic N) is 2. The first-order valence-corrected chi connectivity index (χ1v) is 5.43. The smallest absolute Gasteiger partial charge is 0.128 e. The molecule has 16 heavy (non-hydrogen) atoms. The largest absolute Gasteiger partial charge is 0.389 e. The van der Waals surface area contributed by atoms with Crippen molar-refractivity contribution in [3.05, 3.63) is 23.4 Å². The zero-order chi connectivity index (χ0) is 12.3. The maximum Gasteiger partial charge on any atom is 0.128 e. The van der Waals surface area contributed by atoms with Crippen molar-refractivity contribution in [3.63, 3.8) is 0 Å². The summed E-state index contributed by atoms with van der Waals surface area (Å²) in [6.45, 7) is 6.55.